The molecular weight excluding hydrogens is 512 g/mol. The second-order valence-electron chi connectivity index (χ2n) is 17.5. The van der Waals surface area contributed by atoms with Crippen molar-refractivity contribution in [1.29, 1.82) is 0 Å². The number of hydrogen-bond donors (Lipinski definition) is 1. The molecule has 232 valence electrons. The van der Waals surface area contributed by atoms with Gasteiger partial charge in [-0.25, -0.2) is 0 Å². The van der Waals surface area contributed by atoms with Gasteiger partial charge in [0.05, 0.1) is 16.9 Å². The van der Waals surface area contributed by atoms with E-state index in [1.165, 1.54) is 24.8 Å². The molecule has 0 saturated heterocycles. The SMILES string of the molecule is C=C(C)[C@@H]1CC[C@]2(C(=O)O)CC[C@]3(C)C(CCC4[C@@]5(C)CC[C@H](OCOC(=O)C(C)(C)C)C(C)(C)C5CC[C@]43C)C12. The zero-order valence-corrected chi connectivity index (χ0v) is 27.5. The minimum absolute atomic E-state index is 0.0122. The number of hydrogen-bond acceptors (Lipinski definition) is 4. The molecule has 0 aliphatic heterocycles. The topological polar surface area (TPSA) is 72.8 Å². The van der Waals surface area contributed by atoms with Crippen molar-refractivity contribution in [2.75, 3.05) is 6.79 Å². The van der Waals surface area contributed by atoms with E-state index >= 15 is 0 Å². The fraction of sp³-hybridized carbons (Fsp3) is 0.889. The van der Waals surface area contributed by atoms with E-state index in [1.807, 2.05) is 20.8 Å². The number of carbonyl (C=O) groups is 2. The smallest absolute Gasteiger partial charge is 0.313 e. The normalized spacial score (nSPS) is 46.9. The summed E-state index contributed by atoms with van der Waals surface area (Å²) < 4.78 is 11.8. The molecule has 0 aromatic carbocycles. The molecule has 5 saturated carbocycles. The number of fused-ring (bicyclic) bond motifs is 7. The molecule has 5 heteroatoms. The minimum Gasteiger partial charge on any atom is -0.481 e. The van der Waals surface area contributed by atoms with Crippen LogP contribution in [0.25, 0.3) is 0 Å². The summed E-state index contributed by atoms with van der Waals surface area (Å²) in [5.74, 6) is 1.40. The molecule has 0 bridgehead atoms. The maximum Gasteiger partial charge on any atom is 0.313 e. The molecule has 5 nitrogen and oxygen atoms in total. The predicted molar refractivity (Wildman–Crippen MR) is 162 cm³/mol. The van der Waals surface area contributed by atoms with E-state index < -0.39 is 16.8 Å². The Labute approximate surface area is 249 Å². The van der Waals surface area contributed by atoms with Crippen LogP contribution < -0.4 is 0 Å². The van der Waals surface area contributed by atoms with Crippen molar-refractivity contribution in [3.8, 4) is 0 Å². The van der Waals surface area contributed by atoms with Gasteiger partial charge in [-0.05, 0) is 143 Å². The van der Waals surface area contributed by atoms with Crippen molar-refractivity contribution in [3.63, 3.8) is 0 Å². The number of ether oxygens (including phenoxy) is 2. The van der Waals surface area contributed by atoms with Crippen LogP contribution in [0.1, 0.15) is 127 Å². The van der Waals surface area contributed by atoms with Gasteiger partial charge in [0.15, 0.2) is 6.79 Å². The quantitative estimate of drug-likeness (QED) is 0.203. The van der Waals surface area contributed by atoms with Gasteiger partial charge in [-0.1, -0.05) is 46.8 Å². The lowest BCUT2D eigenvalue weighted by Gasteiger charge is -2.72. The maximum absolute atomic E-state index is 12.9. The van der Waals surface area contributed by atoms with Crippen molar-refractivity contribution >= 4 is 11.9 Å². The third kappa shape index (κ3) is 4.32. The lowest BCUT2D eigenvalue weighted by molar-refractivity contribution is -0.257. The number of allylic oxidation sites excluding steroid dienone is 1. The third-order valence-electron chi connectivity index (χ3n) is 14.5. The maximum atomic E-state index is 12.9. The second kappa shape index (κ2) is 9.83. The first-order valence-electron chi connectivity index (χ1n) is 16.5. The Morgan fingerprint density at radius 3 is 2.15 bits per heavy atom. The lowest BCUT2D eigenvalue weighted by atomic mass is 9.32. The number of esters is 1. The number of carbonyl (C=O) groups excluding carboxylic acids is 1. The summed E-state index contributed by atoms with van der Waals surface area (Å²) >= 11 is 0. The van der Waals surface area contributed by atoms with Crippen LogP contribution in [0.4, 0.5) is 0 Å². The third-order valence-corrected chi connectivity index (χ3v) is 14.5. The molecule has 1 N–H and O–H groups in total. The Morgan fingerprint density at radius 1 is 0.854 bits per heavy atom. The van der Waals surface area contributed by atoms with Crippen molar-refractivity contribution < 1.29 is 24.2 Å². The van der Waals surface area contributed by atoms with Crippen molar-refractivity contribution in [1.82, 2.24) is 0 Å². The summed E-state index contributed by atoms with van der Waals surface area (Å²) in [5, 5.41) is 10.6. The van der Waals surface area contributed by atoms with Gasteiger partial charge in [-0.2, -0.15) is 0 Å². The summed E-state index contributed by atoms with van der Waals surface area (Å²) in [5.41, 5.74) is 0.646. The number of aliphatic carboxylic acids is 1. The molecule has 5 aliphatic carbocycles. The monoisotopic (exact) mass is 570 g/mol. The van der Waals surface area contributed by atoms with Crippen molar-refractivity contribution in [3.05, 3.63) is 12.2 Å². The van der Waals surface area contributed by atoms with Crippen molar-refractivity contribution in [2.24, 2.45) is 62.1 Å². The van der Waals surface area contributed by atoms with E-state index in [1.54, 1.807) is 0 Å². The predicted octanol–water partition coefficient (Wildman–Crippen LogP) is 8.66. The highest BCUT2D eigenvalue weighted by Crippen LogP contribution is 2.77. The zero-order chi connectivity index (χ0) is 30.4. The number of carboxylic acid groups (broad SMARTS) is 1. The van der Waals surface area contributed by atoms with E-state index in [0.29, 0.717) is 23.7 Å². The summed E-state index contributed by atoms with van der Waals surface area (Å²) in [4.78, 5) is 25.2. The van der Waals surface area contributed by atoms with Gasteiger partial charge < -0.3 is 14.6 Å². The summed E-state index contributed by atoms with van der Waals surface area (Å²) in [6.07, 6.45) is 10.6. The van der Waals surface area contributed by atoms with Crippen LogP contribution in [0, 0.1) is 62.1 Å². The first kappa shape index (κ1) is 31.1. The van der Waals surface area contributed by atoms with Gasteiger partial charge in [-0.15, -0.1) is 0 Å². The molecule has 0 heterocycles. The highest BCUT2D eigenvalue weighted by atomic mass is 16.7. The molecule has 0 amide bonds. The fourth-order valence-corrected chi connectivity index (χ4v) is 12.2. The Kier molecular flexibility index (Phi) is 7.45. The Balaban J connectivity index is 1.40. The number of rotatable bonds is 5. The van der Waals surface area contributed by atoms with Crippen LogP contribution in [-0.2, 0) is 19.1 Å². The van der Waals surface area contributed by atoms with Gasteiger partial charge in [0.1, 0.15) is 0 Å². The highest BCUT2D eigenvalue weighted by Gasteiger charge is 2.72. The van der Waals surface area contributed by atoms with Crippen LogP contribution >= 0.6 is 0 Å². The molecular formula is C36H58O5. The van der Waals surface area contributed by atoms with Crippen LogP contribution in [0.5, 0.6) is 0 Å². The molecule has 41 heavy (non-hydrogen) atoms. The van der Waals surface area contributed by atoms with Gasteiger partial charge >= 0.3 is 11.9 Å². The van der Waals surface area contributed by atoms with E-state index in [9.17, 15) is 14.7 Å². The Hall–Kier alpha value is -1.36. The number of carboxylic acids is 1. The van der Waals surface area contributed by atoms with Crippen LogP contribution in [0.3, 0.4) is 0 Å². The minimum atomic E-state index is -0.564. The van der Waals surface area contributed by atoms with E-state index in [0.717, 1.165) is 44.9 Å². The van der Waals surface area contributed by atoms with E-state index in [2.05, 4.69) is 48.1 Å². The molecule has 0 aromatic rings. The average molecular weight is 571 g/mol. The summed E-state index contributed by atoms with van der Waals surface area (Å²) in [6, 6.07) is 0. The first-order chi connectivity index (χ1) is 18.9. The molecule has 5 fully saturated rings. The first-order valence-corrected chi connectivity index (χ1v) is 16.5. The molecule has 0 spiro atoms. The molecule has 0 radical (unpaired) electrons. The van der Waals surface area contributed by atoms with Crippen LogP contribution in [0.15, 0.2) is 12.2 Å². The van der Waals surface area contributed by atoms with E-state index in [4.69, 9.17) is 9.47 Å². The largest absolute Gasteiger partial charge is 0.481 e. The van der Waals surface area contributed by atoms with Gasteiger partial charge in [0.25, 0.3) is 0 Å². The van der Waals surface area contributed by atoms with Gasteiger partial charge in [0.2, 0.25) is 0 Å². The molecule has 0 aromatic heterocycles. The second-order valence-corrected chi connectivity index (χ2v) is 17.5. The van der Waals surface area contributed by atoms with Crippen LogP contribution in [-0.4, -0.2) is 29.9 Å². The Morgan fingerprint density at radius 2 is 1.54 bits per heavy atom. The average Bonchev–Trinajstić information content (AvgIpc) is 3.26. The molecule has 5 rings (SSSR count). The lowest BCUT2D eigenvalue weighted by Crippen LogP contribution is -2.67. The summed E-state index contributed by atoms with van der Waals surface area (Å²) in [6.45, 7) is 24.7. The van der Waals surface area contributed by atoms with Crippen molar-refractivity contribution in [2.45, 2.75) is 133 Å². The Bertz CT molecular complexity index is 1090. The van der Waals surface area contributed by atoms with Gasteiger partial charge in [-0.3, -0.25) is 9.59 Å². The van der Waals surface area contributed by atoms with E-state index in [-0.39, 0.29) is 46.4 Å². The highest BCUT2D eigenvalue weighted by molar-refractivity contribution is 5.76. The zero-order valence-electron chi connectivity index (χ0n) is 27.5. The molecule has 10 atom stereocenters. The molecule has 5 aliphatic rings. The van der Waals surface area contributed by atoms with Crippen LogP contribution in [0.2, 0.25) is 0 Å². The van der Waals surface area contributed by atoms with Gasteiger partial charge in [0, 0.05) is 0 Å². The molecule has 4 unspecified atom stereocenters. The summed E-state index contributed by atoms with van der Waals surface area (Å²) in [7, 11) is 0. The fourth-order valence-electron chi connectivity index (χ4n) is 12.2. The standard InChI is InChI=1S/C36H58O5/c1-22(2)23-13-18-36(29(37)38)20-19-34(9)24(28(23)36)11-12-26-33(8)16-15-27(40-21-41-30(39)31(3,4)5)32(6,7)25(33)14-17-35(26,34)10/h23-28H,1,11-21H2,2-10H3,(H,37,38)/t23-,24?,25?,26?,27-,28?,33-,34+,35+,36-/m0/s1.